The number of carbonyl (C=O) groups is 1. The summed E-state index contributed by atoms with van der Waals surface area (Å²) in [6.45, 7) is -3.30. The van der Waals surface area contributed by atoms with Gasteiger partial charge in [0.1, 0.15) is 12.4 Å². The second kappa shape index (κ2) is 6.78. The second-order valence-electron chi connectivity index (χ2n) is 3.99. The molecule has 0 aliphatic rings. The predicted octanol–water partition coefficient (Wildman–Crippen LogP) is 0.0559. The number of aliphatic carboxylic acids is 1. The van der Waals surface area contributed by atoms with Crippen molar-refractivity contribution in [1.82, 2.24) is 4.72 Å². The zero-order chi connectivity index (χ0) is 16.1. The zero-order valence-electron chi connectivity index (χ0n) is 10.6. The summed E-state index contributed by atoms with van der Waals surface area (Å²) in [5.74, 6) is -4.63. The molecule has 21 heavy (non-hydrogen) atoms. The monoisotopic (exact) mass is 325 g/mol. The Bertz CT molecular complexity index is 587. The van der Waals surface area contributed by atoms with E-state index >= 15 is 0 Å². The average molecular weight is 325 g/mol. The topological polar surface area (TPSA) is 113 Å². The van der Waals surface area contributed by atoms with Crippen LogP contribution in [0.15, 0.2) is 29.2 Å². The van der Waals surface area contributed by atoms with Crippen molar-refractivity contribution in [3.63, 3.8) is 0 Å². The third kappa shape index (κ3) is 5.61. The van der Waals surface area contributed by atoms with E-state index in [1.165, 1.54) is 12.1 Å². The van der Waals surface area contributed by atoms with Crippen LogP contribution in [-0.2, 0) is 14.8 Å². The Morgan fingerprint density at radius 3 is 2.33 bits per heavy atom. The number of halogens is 2. The Morgan fingerprint density at radius 1 is 1.29 bits per heavy atom. The van der Waals surface area contributed by atoms with Crippen molar-refractivity contribution in [2.75, 3.05) is 19.8 Å². The van der Waals surface area contributed by atoms with Crippen LogP contribution in [-0.4, -0.2) is 50.3 Å². The molecule has 0 atom stereocenters. The van der Waals surface area contributed by atoms with Gasteiger partial charge in [-0.2, -0.15) is 0 Å². The maximum Gasteiger partial charge on any atom is 0.341 e. The number of sulfonamides is 1. The standard InChI is InChI=1S/C11H13F2NO6S/c12-11(13,7-15)6-14-21(18,19)9-3-1-8(2-4-9)20-5-10(16)17/h1-4,14-15H,5-7H2,(H,16,17). The number of aliphatic hydroxyl groups excluding tert-OH is 1. The highest BCUT2D eigenvalue weighted by molar-refractivity contribution is 7.89. The average Bonchev–Trinajstić information content (AvgIpc) is 2.44. The lowest BCUT2D eigenvalue weighted by molar-refractivity contribution is -0.139. The van der Waals surface area contributed by atoms with Crippen molar-refractivity contribution in [2.24, 2.45) is 0 Å². The number of ether oxygens (including phenoxy) is 1. The molecule has 1 aromatic carbocycles. The van der Waals surface area contributed by atoms with E-state index in [1.807, 2.05) is 0 Å². The van der Waals surface area contributed by atoms with Gasteiger partial charge in [-0.15, -0.1) is 0 Å². The van der Waals surface area contributed by atoms with Crippen LogP contribution in [0, 0.1) is 0 Å². The van der Waals surface area contributed by atoms with E-state index in [-0.39, 0.29) is 10.6 Å². The summed E-state index contributed by atoms with van der Waals surface area (Å²) in [7, 11) is -4.16. The molecule has 0 aliphatic heterocycles. The van der Waals surface area contributed by atoms with E-state index in [4.69, 9.17) is 14.9 Å². The highest BCUT2D eigenvalue weighted by atomic mass is 32.2. The van der Waals surface area contributed by atoms with Crippen molar-refractivity contribution < 1.29 is 36.9 Å². The fourth-order valence-corrected chi connectivity index (χ4v) is 2.26. The quantitative estimate of drug-likeness (QED) is 0.623. The fraction of sp³-hybridized carbons (Fsp3) is 0.364. The van der Waals surface area contributed by atoms with Gasteiger partial charge in [-0.3, -0.25) is 0 Å². The molecule has 1 rings (SSSR count). The van der Waals surface area contributed by atoms with E-state index in [2.05, 4.69) is 0 Å². The molecule has 7 nitrogen and oxygen atoms in total. The summed E-state index contributed by atoms with van der Waals surface area (Å²) in [6, 6.07) is 4.55. The minimum absolute atomic E-state index is 0.122. The van der Waals surface area contributed by atoms with Gasteiger partial charge in [0.15, 0.2) is 6.61 Å². The van der Waals surface area contributed by atoms with E-state index < -0.39 is 41.7 Å². The zero-order valence-corrected chi connectivity index (χ0v) is 11.4. The van der Waals surface area contributed by atoms with Crippen LogP contribution in [0.25, 0.3) is 0 Å². The highest BCUT2D eigenvalue weighted by Crippen LogP contribution is 2.17. The first-order chi connectivity index (χ1) is 9.66. The number of hydrogen-bond donors (Lipinski definition) is 3. The molecule has 118 valence electrons. The first-order valence-corrected chi connectivity index (χ1v) is 7.08. The molecule has 0 heterocycles. The molecule has 0 amide bonds. The highest BCUT2D eigenvalue weighted by Gasteiger charge is 2.30. The number of hydrogen-bond acceptors (Lipinski definition) is 5. The Labute approximate surface area is 119 Å². The van der Waals surface area contributed by atoms with Crippen LogP contribution in [0.1, 0.15) is 0 Å². The van der Waals surface area contributed by atoms with Gasteiger partial charge in [-0.05, 0) is 24.3 Å². The van der Waals surface area contributed by atoms with Crippen LogP contribution >= 0.6 is 0 Å². The molecule has 1 aromatic rings. The third-order valence-corrected chi connectivity index (χ3v) is 3.67. The maximum atomic E-state index is 12.8. The van der Waals surface area contributed by atoms with Gasteiger partial charge in [0, 0.05) is 0 Å². The molecule has 0 aromatic heterocycles. The smallest absolute Gasteiger partial charge is 0.341 e. The molecule has 0 radical (unpaired) electrons. The van der Waals surface area contributed by atoms with Gasteiger partial charge in [0.25, 0.3) is 5.92 Å². The summed E-state index contributed by atoms with van der Waals surface area (Å²) < 4.78 is 55.5. The van der Waals surface area contributed by atoms with Crippen molar-refractivity contribution in [3.8, 4) is 5.75 Å². The molecular formula is C11H13F2NO6S. The van der Waals surface area contributed by atoms with Crippen molar-refractivity contribution >= 4 is 16.0 Å². The Balaban J connectivity index is 2.73. The number of rotatable bonds is 8. The summed E-state index contributed by atoms with van der Waals surface area (Å²) in [4.78, 5) is 9.99. The number of benzene rings is 1. The number of alkyl halides is 2. The van der Waals surface area contributed by atoms with E-state index in [1.54, 1.807) is 4.72 Å². The van der Waals surface area contributed by atoms with Crippen LogP contribution in [0.3, 0.4) is 0 Å². The van der Waals surface area contributed by atoms with Crippen molar-refractivity contribution in [3.05, 3.63) is 24.3 Å². The first kappa shape index (κ1) is 17.3. The number of nitrogens with one attached hydrogen (secondary N) is 1. The van der Waals surface area contributed by atoms with Gasteiger partial charge in [-0.25, -0.2) is 26.7 Å². The number of carboxylic acid groups (broad SMARTS) is 1. The maximum absolute atomic E-state index is 12.8. The molecule has 0 bridgehead atoms. The predicted molar refractivity (Wildman–Crippen MR) is 66.8 cm³/mol. The Kier molecular flexibility index (Phi) is 5.58. The summed E-state index contributed by atoms with van der Waals surface area (Å²) in [5, 5.41) is 16.8. The lowest BCUT2D eigenvalue weighted by Crippen LogP contribution is -2.38. The van der Waals surface area contributed by atoms with Gasteiger partial charge in [0.2, 0.25) is 10.0 Å². The lowest BCUT2D eigenvalue weighted by Gasteiger charge is -2.14. The van der Waals surface area contributed by atoms with E-state index in [0.717, 1.165) is 12.1 Å². The van der Waals surface area contributed by atoms with Gasteiger partial charge in [0.05, 0.1) is 11.4 Å². The normalized spacial score (nSPS) is 12.1. The van der Waals surface area contributed by atoms with Crippen molar-refractivity contribution in [2.45, 2.75) is 10.8 Å². The Hall–Kier alpha value is -1.78. The van der Waals surface area contributed by atoms with E-state index in [0.29, 0.717) is 0 Å². The van der Waals surface area contributed by atoms with Gasteiger partial charge < -0.3 is 14.9 Å². The van der Waals surface area contributed by atoms with Gasteiger partial charge >= 0.3 is 5.97 Å². The molecule has 0 saturated heterocycles. The van der Waals surface area contributed by atoms with Crippen molar-refractivity contribution in [1.29, 1.82) is 0 Å². The molecule has 0 aliphatic carbocycles. The van der Waals surface area contributed by atoms with Crippen LogP contribution < -0.4 is 9.46 Å². The molecule has 0 spiro atoms. The molecule has 10 heteroatoms. The first-order valence-electron chi connectivity index (χ1n) is 5.59. The van der Waals surface area contributed by atoms with Gasteiger partial charge in [-0.1, -0.05) is 0 Å². The fourth-order valence-electron chi connectivity index (χ4n) is 1.20. The minimum atomic E-state index is -4.16. The second-order valence-corrected chi connectivity index (χ2v) is 5.76. The molecule has 3 N–H and O–H groups in total. The third-order valence-electron chi connectivity index (χ3n) is 2.25. The largest absolute Gasteiger partial charge is 0.482 e. The number of aliphatic hydroxyl groups is 1. The molecule has 0 unspecified atom stereocenters. The molecule has 0 saturated carbocycles. The Morgan fingerprint density at radius 2 is 1.86 bits per heavy atom. The summed E-state index contributed by atoms with van der Waals surface area (Å²) in [5.41, 5.74) is 0. The van der Waals surface area contributed by atoms with E-state index in [9.17, 15) is 22.0 Å². The summed E-state index contributed by atoms with van der Waals surface area (Å²) >= 11 is 0. The van der Waals surface area contributed by atoms with Crippen LogP contribution in [0.5, 0.6) is 5.75 Å². The summed E-state index contributed by atoms with van der Waals surface area (Å²) in [6.07, 6.45) is 0. The number of carboxylic acids is 1. The lowest BCUT2D eigenvalue weighted by atomic mass is 10.3. The SMILES string of the molecule is O=C(O)COc1ccc(S(=O)(=O)NCC(F)(F)CO)cc1. The van der Waals surface area contributed by atoms with Crippen LogP contribution in [0.4, 0.5) is 8.78 Å². The minimum Gasteiger partial charge on any atom is -0.482 e. The van der Waals surface area contributed by atoms with Crippen LogP contribution in [0.2, 0.25) is 0 Å². The molecular weight excluding hydrogens is 312 g/mol. The molecule has 0 fully saturated rings.